The molecule has 0 atom stereocenters. The molecule has 0 aliphatic carbocycles. The molecule has 0 aliphatic rings. The van der Waals surface area contributed by atoms with Gasteiger partial charge >= 0.3 is 5.97 Å². The summed E-state index contributed by atoms with van der Waals surface area (Å²) in [5, 5.41) is 11.1. The Hall–Kier alpha value is -1.42. The van der Waals surface area contributed by atoms with E-state index < -0.39 is 5.97 Å². The molecule has 76 valence electrons. The number of aryl methyl sites for hydroxylation is 1. The minimum atomic E-state index is -0.898. The molecular weight excluding hydrogens is 185 g/mol. The lowest BCUT2D eigenvalue weighted by Crippen LogP contribution is -2.22. The second-order valence-electron chi connectivity index (χ2n) is 3.07. The number of carbonyl (C=O) groups is 1. The average molecular weight is 197 g/mol. The zero-order chi connectivity index (χ0) is 10.6. The highest BCUT2D eigenvalue weighted by atomic mass is 19.1. The molecule has 1 aromatic carbocycles. The van der Waals surface area contributed by atoms with Gasteiger partial charge in [-0.05, 0) is 30.2 Å². The SMILES string of the molecule is Cc1cc(F)ccc1CNCC(=O)O. The molecule has 0 saturated carbocycles. The number of carboxylic acids is 1. The maximum absolute atomic E-state index is 12.7. The summed E-state index contributed by atoms with van der Waals surface area (Å²) < 4.78 is 12.7. The zero-order valence-corrected chi connectivity index (χ0v) is 7.88. The van der Waals surface area contributed by atoms with Crippen molar-refractivity contribution < 1.29 is 14.3 Å². The van der Waals surface area contributed by atoms with Gasteiger partial charge in [0.05, 0.1) is 6.54 Å². The van der Waals surface area contributed by atoms with Crippen LogP contribution < -0.4 is 5.32 Å². The lowest BCUT2D eigenvalue weighted by molar-refractivity contribution is -0.135. The number of benzene rings is 1. The van der Waals surface area contributed by atoms with E-state index in [1.807, 2.05) is 0 Å². The second kappa shape index (κ2) is 4.72. The van der Waals surface area contributed by atoms with Gasteiger partial charge in [-0.25, -0.2) is 4.39 Å². The highest BCUT2D eigenvalue weighted by molar-refractivity contribution is 5.69. The van der Waals surface area contributed by atoms with E-state index in [0.29, 0.717) is 6.54 Å². The summed E-state index contributed by atoms with van der Waals surface area (Å²) in [7, 11) is 0. The van der Waals surface area contributed by atoms with E-state index in [-0.39, 0.29) is 12.4 Å². The van der Waals surface area contributed by atoms with Crippen molar-refractivity contribution in [1.82, 2.24) is 5.32 Å². The molecule has 0 unspecified atom stereocenters. The molecule has 0 aromatic heterocycles. The van der Waals surface area contributed by atoms with Gasteiger partial charge in [0.25, 0.3) is 0 Å². The number of rotatable bonds is 4. The molecule has 14 heavy (non-hydrogen) atoms. The first-order valence-electron chi connectivity index (χ1n) is 4.27. The molecule has 0 fully saturated rings. The van der Waals surface area contributed by atoms with Gasteiger partial charge in [0, 0.05) is 6.54 Å². The Kier molecular flexibility index (Phi) is 3.59. The minimum Gasteiger partial charge on any atom is -0.480 e. The van der Waals surface area contributed by atoms with Crippen LogP contribution in [0.5, 0.6) is 0 Å². The molecule has 0 heterocycles. The van der Waals surface area contributed by atoms with E-state index in [9.17, 15) is 9.18 Å². The number of carboxylic acid groups (broad SMARTS) is 1. The normalized spacial score (nSPS) is 10.1. The summed E-state index contributed by atoms with van der Waals surface area (Å²) in [6.07, 6.45) is 0. The van der Waals surface area contributed by atoms with Gasteiger partial charge < -0.3 is 10.4 Å². The highest BCUT2D eigenvalue weighted by Crippen LogP contribution is 2.09. The molecule has 0 aliphatic heterocycles. The monoisotopic (exact) mass is 197 g/mol. The Labute approximate surface area is 81.6 Å². The third-order valence-electron chi connectivity index (χ3n) is 1.90. The number of nitrogens with one attached hydrogen (secondary N) is 1. The van der Waals surface area contributed by atoms with Crippen molar-refractivity contribution in [3.8, 4) is 0 Å². The Bertz CT molecular complexity index is 339. The molecule has 0 spiro atoms. The van der Waals surface area contributed by atoms with E-state index in [4.69, 9.17) is 5.11 Å². The summed E-state index contributed by atoms with van der Waals surface area (Å²) in [5.74, 6) is -1.17. The third kappa shape index (κ3) is 3.14. The first kappa shape index (κ1) is 10.7. The van der Waals surface area contributed by atoms with Gasteiger partial charge in [-0.3, -0.25) is 4.79 Å². The van der Waals surface area contributed by atoms with E-state index in [0.717, 1.165) is 11.1 Å². The number of hydrogen-bond acceptors (Lipinski definition) is 2. The lowest BCUT2D eigenvalue weighted by Gasteiger charge is -2.05. The van der Waals surface area contributed by atoms with Crippen molar-refractivity contribution in [3.05, 3.63) is 35.1 Å². The largest absolute Gasteiger partial charge is 0.480 e. The van der Waals surface area contributed by atoms with Crippen LogP contribution >= 0.6 is 0 Å². The summed E-state index contributed by atoms with van der Waals surface area (Å²) in [4.78, 5) is 10.2. The van der Waals surface area contributed by atoms with Gasteiger partial charge in [0.1, 0.15) is 5.82 Å². The van der Waals surface area contributed by atoms with Crippen LogP contribution in [0.15, 0.2) is 18.2 Å². The lowest BCUT2D eigenvalue weighted by atomic mass is 10.1. The average Bonchev–Trinajstić information content (AvgIpc) is 2.08. The fraction of sp³-hybridized carbons (Fsp3) is 0.300. The molecule has 1 aromatic rings. The summed E-state index contributed by atoms with van der Waals surface area (Å²) in [5.41, 5.74) is 1.73. The quantitative estimate of drug-likeness (QED) is 0.765. The maximum atomic E-state index is 12.7. The van der Waals surface area contributed by atoms with Crippen LogP contribution in [0, 0.1) is 12.7 Å². The van der Waals surface area contributed by atoms with Crippen LogP contribution in [0.2, 0.25) is 0 Å². The Balaban J connectivity index is 2.55. The molecule has 0 radical (unpaired) electrons. The number of aliphatic carboxylic acids is 1. The topological polar surface area (TPSA) is 49.3 Å². The summed E-state index contributed by atoms with van der Waals surface area (Å²) >= 11 is 0. The van der Waals surface area contributed by atoms with Crippen molar-refractivity contribution in [2.75, 3.05) is 6.54 Å². The molecule has 2 N–H and O–H groups in total. The molecule has 3 nitrogen and oxygen atoms in total. The smallest absolute Gasteiger partial charge is 0.317 e. The van der Waals surface area contributed by atoms with Gasteiger partial charge in [0.15, 0.2) is 0 Å². The van der Waals surface area contributed by atoms with Crippen molar-refractivity contribution >= 4 is 5.97 Å². The van der Waals surface area contributed by atoms with Gasteiger partial charge in [-0.1, -0.05) is 6.07 Å². The van der Waals surface area contributed by atoms with E-state index in [1.54, 1.807) is 13.0 Å². The Morgan fingerprint density at radius 1 is 1.57 bits per heavy atom. The van der Waals surface area contributed by atoms with Crippen molar-refractivity contribution in [3.63, 3.8) is 0 Å². The zero-order valence-electron chi connectivity index (χ0n) is 7.88. The van der Waals surface area contributed by atoms with Gasteiger partial charge in [0.2, 0.25) is 0 Å². The van der Waals surface area contributed by atoms with Crippen molar-refractivity contribution in [2.24, 2.45) is 0 Å². The predicted octanol–water partition coefficient (Wildman–Crippen LogP) is 1.31. The van der Waals surface area contributed by atoms with E-state index in [1.165, 1.54) is 12.1 Å². The number of halogens is 1. The molecule has 0 amide bonds. The standard InChI is InChI=1S/C10H12FNO2/c1-7-4-9(11)3-2-8(7)5-12-6-10(13)14/h2-4,12H,5-6H2,1H3,(H,13,14). The van der Waals surface area contributed by atoms with Crippen molar-refractivity contribution in [1.29, 1.82) is 0 Å². The fourth-order valence-electron chi connectivity index (χ4n) is 1.16. The second-order valence-corrected chi connectivity index (χ2v) is 3.07. The molecule has 1 rings (SSSR count). The van der Waals surface area contributed by atoms with Crippen molar-refractivity contribution in [2.45, 2.75) is 13.5 Å². The fourth-order valence-corrected chi connectivity index (χ4v) is 1.16. The predicted molar refractivity (Wildman–Crippen MR) is 50.5 cm³/mol. The summed E-state index contributed by atoms with van der Waals surface area (Å²) in [6, 6.07) is 4.45. The van der Waals surface area contributed by atoms with Crippen LogP contribution in [-0.2, 0) is 11.3 Å². The van der Waals surface area contributed by atoms with E-state index >= 15 is 0 Å². The van der Waals surface area contributed by atoms with Gasteiger partial charge in [-0.15, -0.1) is 0 Å². The molecule has 0 saturated heterocycles. The molecule has 4 heteroatoms. The first-order chi connectivity index (χ1) is 6.59. The minimum absolute atomic E-state index is 0.0865. The maximum Gasteiger partial charge on any atom is 0.317 e. The molecule has 0 bridgehead atoms. The van der Waals surface area contributed by atoms with Crippen LogP contribution in [0.25, 0.3) is 0 Å². The first-order valence-corrected chi connectivity index (χ1v) is 4.27. The van der Waals surface area contributed by atoms with Crippen LogP contribution in [0.1, 0.15) is 11.1 Å². The summed E-state index contributed by atoms with van der Waals surface area (Å²) in [6.45, 7) is 2.15. The Morgan fingerprint density at radius 3 is 2.86 bits per heavy atom. The van der Waals surface area contributed by atoms with Crippen LogP contribution in [-0.4, -0.2) is 17.6 Å². The van der Waals surface area contributed by atoms with Crippen LogP contribution in [0.3, 0.4) is 0 Å². The van der Waals surface area contributed by atoms with Crippen LogP contribution in [0.4, 0.5) is 4.39 Å². The molecular formula is C10H12FNO2. The number of hydrogen-bond donors (Lipinski definition) is 2. The third-order valence-corrected chi connectivity index (χ3v) is 1.90. The Morgan fingerprint density at radius 2 is 2.29 bits per heavy atom. The highest BCUT2D eigenvalue weighted by Gasteiger charge is 2.00. The van der Waals surface area contributed by atoms with E-state index in [2.05, 4.69) is 5.32 Å². The van der Waals surface area contributed by atoms with Gasteiger partial charge in [-0.2, -0.15) is 0 Å².